The van der Waals surface area contributed by atoms with Crippen LogP contribution in [0.5, 0.6) is 0 Å². The van der Waals surface area contributed by atoms with E-state index in [1.165, 1.54) is 6.20 Å². The summed E-state index contributed by atoms with van der Waals surface area (Å²) in [6.45, 7) is 0. The molecule has 31 heavy (non-hydrogen) atoms. The van der Waals surface area contributed by atoms with Gasteiger partial charge in [0.1, 0.15) is 17.2 Å². The standard InChI is InChI=1S/C23H24FN7/c24-18-12-28-22(23(26)10-8-15(25)9-11-23)30-21(18)19-13-27-20-7-6-17(14-31(19)20)29-16-4-2-1-3-5-16/h1-7,12-15,29H,8-11,25-26H2. The van der Waals surface area contributed by atoms with Crippen molar-refractivity contribution in [2.45, 2.75) is 37.3 Å². The highest BCUT2D eigenvalue weighted by Gasteiger charge is 2.35. The molecule has 1 aromatic carbocycles. The number of aromatic nitrogens is 4. The van der Waals surface area contributed by atoms with Gasteiger partial charge in [-0.05, 0) is 49.9 Å². The number of nitrogens with zero attached hydrogens (tertiary/aromatic N) is 4. The Morgan fingerprint density at radius 2 is 1.77 bits per heavy atom. The number of halogens is 1. The van der Waals surface area contributed by atoms with Crippen molar-refractivity contribution in [2.24, 2.45) is 11.5 Å². The summed E-state index contributed by atoms with van der Waals surface area (Å²) >= 11 is 0. The van der Waals surface area contributed by atoms with Gasteiger partial charge < -0.3 is 16.8 Å². The maximum Gasteiger partial charge on any atom is 0.169 e. The van der Waals surface area contributed by atoms with E-state index in [-0.39, 0.29) is 11.7 Å². The molecule has 5 N–H and O–H groups in total. The number of anilines is 2. The fourth-order valence-corrected chi connectivity index (χ4v) is 4.08. The van der Waals surface area contributed by atoms with Crippen molar-refractivity contribution in [3.63, 3.8) is 0 Å². The highest BCUT2D eigenvalue weighted by molar-refractivity contribution is 5.65. The lowest BCUT2D eigenvalue weighted by Gasteiger charge is -2.34. The second kappa shape index (κ2) is 7.72. The molecule has 0 radical (unpaired) electrons. The summed E-state index contributed by atoms with van der Waals surface area (Å²) in [6, 6.07) is 13.8. The number of pyridine rings is 1. The van der Waals surface area contributed by atoms with Crippen LogP contribution in [0, 0.1) is 5.82 Å². The molecule has 158 valence electrons. The number of fused-ring (bicyclic) bond motifs is 1. The summed E-state index contributed by atoms with van der Waals surface area (Å²) in [5.74, 6) is -0.0626. The first-order valence-corrected chi connectivity index (χ1v) is 10.4. The van der Waals surface area contributed by atoms with Gasteiger partial charge in [-0.1, -0.05) is 18.2 Å². The first-order chi connectivity index (χ1) is 15.0. The van der Waals surface area contributed by atoms with Crippen LogP contribution >= 0.6 is 0 Å². The average molecular weight is 417 g/mol. The topological polar surface area (TPSA) is 107 Å². The van der Waals surface area contributed by atoms with Crippen LogP contribution in [0.3, 0.4) is 0 Å². The van der Waals surface area contributed by atoms with Crippen molar-refractivity contribution in [1.82, 2.24) is 19.4 Å². The quantitative estimate of drug-likeness (QED) is 0.467. The Labute approximate surface area is 179 Å². The summed E-state index contributed by atoms with van der Waals surface area (Å²) in [5.41, 5.74) is 15.2. The van der Waals surface area contributed by atoms with Gasteiger partial charge in [0.25, 0.3) is 0 Å². The van der Waals surface area contributed by atoms with Gasteiger partial charge in [-0.15, -0.1) is 0 Å². The lowest BCUT2D eigenvalue weighted by atomic mass is 9.80. The van der Waals surface area contributed by atoms with E-state index in [0.29, 0.717) is 30.0 Å². The normalized spacial score (nSPS) is 21.3. The molecule has 1 fully saturated rings. The Balaban J connectivity index is 1.54. The van der Waals surface area contributed by atoms with E-state index in [0.717, 1.165) is 24.2 Å². The van der Waals surface area contributed by atoms with Gasteiger partial charge >= 0.3 is 0 Å². The number of imidazole rings is 1. The lowest BCUT2D eigenvalue weighted by molar-refractivity contribution is 0.264. The molecule has 3 heterocycles. The van der Waals surface area contributed by atoms with Crippen molar-refractivity contribution in [1.29, 1.82) is 0 Å². The third-order valence-electron chi connectivity index (χ3n) is 5.92. The van der Waals surface area contributed by atoms with E-state index in [1.54, 1.807) is 6.20 Å². The molecule has 0 aliphatic heterocycles. The van der Waals surface area contributed by atoms with E-state index in [2.05, 4.69) is 20.3 Å². The fraction of sp³-hybridized carbons (Fsp3) is 0.261. The predicted octanol–water partition coefficient (Wildman–Crippen LogP) is 3.73. The molecular formula is C23H24FN7. The van der Waals surface area contributed by atoms with Crippen LogP contribution in [0.25, 0.3) is 17.0 Å². The molecule has 1 saturated carbocycles. The van der Waals surface area contributed by atoms with Gasteiger partial charge in [0.15, 0.2) is 5.82 Å². The maximum atomic E-state index is 14.8. The summed E-state index contributed by atoms with van der Waals surface area (Å²) < 4.78 is 16.6. The summed E-state index contributed by atoms with van der Waals surface area (Å²) in [5, 5.41) is 3.35. The number of para-hydroxylation sites is 1. The number of hydrogen-bond donors (Lipinski definition) is 3. The Bertz CT molecular complexity index is 1210. The van der Waals surface area contributed by atoms with E-state index in [9.17, 15) is 4.39 Å². The summed E-state index contributed by atoms with van der Waals surface area (Å²) in [7, 11) is 0. The summed E-state index contributed by atoms with van der Waals surface area (Å²) in [6.07, 6.45) is 7.66. The Morgan fingerprint density at radius 1 is 1.00 bits per heavy atom. The molecule has 5 rings (SSSR count). The van der Waals surface area contributed by atoms with Gasteiger partial charge in [-0.2, -0.15) is 0 Å². The zero-order valence-corrected chi connectivity index (χ0v) is 17.0. The van der Waals surface area contributed by atoms with Crippen molar-refractivity contribution in [3.05, 3.63) is 72.7 Å². The van der Waals surface area contributed by atoms with Gasteiger partial charge in [0.2, 0.25) is 0 Å². The number of nitrogens with one attached hydrogen (secondary N) is 1. The molecule has 0 spiro atoms. The second-order valence-electron chi connectivity index (χ2n) is 8.16. The lowest BCUT2D eigenvalue weighted by Crippen LogP contribution is -2.45. The van der Waals surface area contributed by atoms with Crippen molar-refractivity contribution >= 4 is 17.0 Å². The predicted molar refractivity (Wildman–Crippen MR) is 118 cm³/mol. The smallest absolute Gasteiger partial charge is 0.169 e. The van der Waals surface area contributed by atoms with Crippen molar-refractivity contribution < 1.29 is 4.39 Å². The molecule has 0 atom stereocenters. The van der Waals surface area contributed by atoms with E-state index in [4.69, 9.17) is 11.5 Å². The third kappa shape index (κ3) is 3.75. The van der Waals surface area contributed by atoms with Crippen LogP contribution in [-0.4, -0.2) is 25.4 Å². The Morgan fingerprint density at radius 3 is 2.55 bits per heavy atom. The molecule has 7 nitrogen and oxygen atoms in total. The number of benzene rings is 1. The van der Waals surface area contributed by atoms with Crippen molar-refractivity contribution in [2.75, 3.05) is 5.32 Å². The highest BCUT2D eigenvalue weighted by atomic mass is 19.1. The largest absolute Gasteiger partial charge is 0.354 e. The van der Waals surface area contributed by atoms with Crippen LogP contribution in [0.1, 0.15) is 31.5 Å². The number of hydrogen-bond acceptors (Lipinski definition) is 6. The highest BCUT2D eigenvalue weighted by Crippen LogP contribution is 2.34. The number of nitrogens with two attached hydrogens (primary N) is 2. The Kier molecular flexibility index (Phi) is 4.88. The molecule has 8 heteroatoms. The summed E-state index contributed by atoms with van der Waals surface area (Å²) in [4.78, 5) is 13.2. The molecular weight excluding hydrogens is 393 g/mol. The van der Waals surface area contributed by atoms with Crippen LogP contribution in [0.15, 0.2) is 61.1 Å². The van der Waals surface area contributed by atoms with Gasteiger partial charge in [0, 0.05) is 17.9 Å². The molecule has 0 bridgehead atoms. The van der Waals surface area contributed by atoms with E-state index < -0.39 is 11.4 Å². The second-order valence-corrected chi connectivity index (χ2v) is 8.16. The van der Waals surface area contributed by atoms with Crippen LogP contribution in [0.4, 0.5) is 15.8 Å². The average Bonchev–Trinajstić information content (AvgIpc) is 3.20. The SMILES string of the molecule is NC1CCC(N)(c2ncc(F)c(-c3cnc4ccc(Nc5ccccc5)cn34)n2)CC1. The molecule has 1 aliphatic rings. The first-order valence-electron chi connectivity index (χ1n) is 10.4. The van der Waals surface area contributed by atoms with E-state index in [1.807, 2.05) is 53.1 Å². The molecule has 3 aromatic heterocycles. The molecule has 4 aromatic rings. The van der Waals surface area contributed by atoms with Crippen LogP contribution in [-0.2, 0) is 5.54 Å². The minimum Gasteiger partial charge on any atom is -0.354 e. The van der Waals surface area contributed by atoms with E-state index >= 15 is 0 Å². The van der Waals surface area contributed by atoms with Crippen LogP contribution < -0.4 is 16.8 Å². The Hall–Kier alpha value is -3.36. The van der Waals surface area contributed by atoms with Crippen molar-refractivity contribution in [3.8, 4) is 11.4 Å². The van der Waals surface area contributed by atoms with Gasteiger partial charge in [0.05, 0.1) is 29.3 Å². The number of rotatable bonds is 4. The van der Waals surface area contributed by atoms with Gasteiger partial charge in [-0.25, -0.2) is 19.3 Å². The minimum absolute atomic E-state index is 0.144. The fourth-order valence-electron chi connectivity index (χ4n) is 4.08. The minimum atomic E-state index is -0.696. The zero-order valence-electron chi connectivity index (χ0n) is 17.0. The third-order valence-corrected chi connectivity index (χ3v) is 5.92. The molecule has 1 aliphatic carbocycles. The molecule has 0 unspecified atom stereocenters. The monoisotopic (exact) mass is 417 g/mol. The first kappa shape index (κ1) is 19.6. The maximum absolute atomic E-state index is 14.8. The van der Waals surface area contributed by atoms with Crippen LogP contribution in [0.2, 0.25) is 0 Å². The molecule has 0 saturated heterocycles. The molecule has 0 amide bonds. The van der Waals surface area contributed by atoms with Gasteiger partial charge in [-0.3, -0.25) is 4.40 Å². The zero-order chi connectivity index (χ0) is 21.4.